The van der Waals surface area contributed by atoms with Crippen molar-refractivity contribution in [3.8, 4) is 0 Å². The lowest BCUT2D eigenvalue weighted by atomic mass is 10.3. The van der Waals surface area contributed by atoms with Gasteiger partial charge >= 0.3 is 0 Å². The van der Waals surface area contributed by atoms with Gasteiger partial charge in [0.05, 0.1) is 30.1 Å². The molecule has 112 valence electrons. The molecular weight excluding hydrogens is 280 g/mol. The summed E-state index contributed by atoms with van der Waals surface area (Å²) in [4.78, 5) is 14.4. The number of nitrogens with zero attached hydrogens (tertiary/aromatic N) is 3. The molecule has 7 heteroatoms. The third kappa shape index (κ3) is 3.71. The fraction of sp³-hybridized carbons (Fsp3) is 0.692. The van der Waals surface area contributed by atoms with E-state index in [2.05, 4.69) is 15.3 Å². The summed E-state index contributed by atoms with van der Waals surface area (Å²) in [6.07, 6.45) is 1.56. The van der Waals surface area contributed by atoms with E-state index in [-0.39, 0.29) is 11.9 Å². The second kappa shape index (κ2) is 7.06. The van der Waals surface area contributed by atoms with E-state index in [9.17, 15) is 4.79 Å². The monoisotopic (exact) mass is 300 g/mol. The number of morpholine rings is 1. The van der Waals surface area contributed by atoms with Gasteiger partial charge in [0.25, 0.3) is 0 Å². The smallest absolute Gasteiger partial charge is 0.244 e. The van der Waals surface area contributed by atoms with Crippen LogP contribution in [-0.4, -0.2) is 60.0 Å². The maximum atomic E-state index is 12.1. The molecule has 0 aliphatic carbocycles. The van der Waals surface area contributed by atoms with Crippen molar-refractivity contribution in [2.24, 2.45) is 0 Å². The van der Waals surface area contributed by atoms with Crippen LogP contribution in [0.2, 0.25) is 5.02 Å². The van der Waals surface area contributed by atoms with Gasteiger partial charge in [-0.2, -0.15) is 5.10 Å². The Labute approximate surface area is 124 Å². The van der Waals surface area contributed by atoms with Crippen molar-refractivity contribution >= 4 is 17.5 Å². The summed E-state index contributed by atoms with van der Waals surface area (Å²) < 4.78 is 6.93. The summed E-state index contributed by atoms with van der Waals surface area (Å²) in [5.41, 5.74) is 0.808. The van der Waals surface area contributed by atoms with Gasteiger partial charge in [-0.3, -0.25) is 14.4 Å². The minimum atomic E-state index is -0.354. The first-order chi connectivity index (χ1) is 9.59. The maximum Gasteiger partial charge on any atom is 0.244 e. The Morgan fingerprint density at radius 1 is 1.55 bits per heavy atom. The lowest BCUT2D eigenvalue weighted by molar-refractivity contribution is -0.124. The Balaban J connectivity index is 1.78. The number of halogens is 1. The average molecular weight is 301 g/mol. The van der Waals surface area contributed by atoms with Gasteiger partial charge in [-0.25, -0.2) is 0 Å². The molecule has 1 saturated heterocycles. The number of nitrogens with one attached hydrogen (secondary N) is 1. The van der Waals surface area contributed by atoms with Crippen molar-refractivity contribution in [1.82, 2.24) is 20.0 Å². The van der Waals surface area contributed by atoms with Gasteiger partial charge in [-0.15, -0.1) is 0 Å². The van der Waals surface area contributed by atoms with Crippen LogP contribution in [0.3, 0.4) is 0 Å². The first-order valence-corrected chi connectivity index (χ1v) is 7.25. The number of rotatable bonds is 5. The number of hydrogen-bond acceptors (Lipinski definition) is 4. The third-order valence-corrected chi connectivity index (χ3v) is 3.93. The first kappa shape index (κ1) is 15.3. The highest BCUT2D eigenvalue weighted by Gasteiger charge is 2.18. The van der Waals surface area contributed by atoms with Gasteiger partial charge in [-0.05, 0) is 13.8 Å². The molecule has 1 fully saturated rings. The van der Waals surface area contributed by atoms with Crippen LogP contribution in [0, 0.1) is 6.92 Å². The second-order valence-electron chi connectivity index (χ2n) is 4.94. The highest BCUT2D eigenvalue weighted by Crippen LogP contribution is 2.17. The maximum absolute atomic E-state index is 12.1. The van der Waals surface area contributed by atoms with Gasteiger partial charge < -0.3 is 10.1 Å². The molecule has 1 aromatic heterocycles. The van der Waals surface area contributed by atoms with Crippen molar-refractivity contribution in [2.75, 3.05) is 39.4 Å². The topological polar surface area (TPSA) is 59.4 Å². The number of aromatic nitrogens is 2. The van der Waals surface area contributed by atoms with Crippen LogP contribution in [0.4, 0.5) is 0 Å². The zero-order chi connectivity index (χ0) is 14.5. The first-order valence-electron chi connectivity index (χ1n) is 6.87. The molecular formula is C13H21ClN4O2. The van der Waals surface area contributed by atoms with Crippen molar-refractivity contribution < 1.29 is 9.53 Å². The summed E-state index contributed by atoms with van der Waals surface area (Å²) >= 11 is 5.95. The van der Waals surface area contributed by atoms with Crippen LogP contribution in [0.15, 0.2) is 6.20 Å². The molecule has 0 spiro atoms. The molecule has 0 bridgehead atoms. The molecule has 0 radical (unpaired) electrons. The summed E-state index contributed by atoms with van der Waals surface area (Å²) in [5, 5.41) is 7.65. The predicted octanol–water partition coefficient (Wildman–Crippen LogP) is 0.854. The van der Waals surface area contributed by atoms with E-state index in [4.69, 9.17) is 16.3 Å². The summed E-state index contributed by atoms with van der Waals surface area (Å²) in [6, 6.07) is -0.354. The van der Waals surface area contributed by atoms with E-state index in [0.717, 1.165) is 38.5 Å². The van der Waals surface area contributed by atoms with Crippen LogP contribution in [-0.2, 0) is 9.53 Å². The Morgan fingerprint density at radius 3 is 2.85 bits per heavy atom. The predicted molar refractivity (Wildman–Crippen MR) is 77.0 cm³/mol. The second-order valence-corrected chi connectivity index (χ2v) is 5.35. The van der Waals surface area contributed by atoms with Crippen molar-refractivity contribution in [3.05, 3.63) is 16.9 Å². The highest BCUT2D eigenvalue weighted by atomic mass is 35.5. The number of amides is 1. The van der Waals surface area contributed by atoms with Gasteiger partial charge in [0, 0.05) is 26.2 Å². The molecule has 2 heterocycles. The van der Waals surface area contributed by atoms with Crippen LogP contribution >= 0.6 is 11.6 Å². The van der Waals surface area contributed by atoms with E-state index in [1.807, 2.05) is 13.8 Å². The van der Waals surface area contributed by atoms with Crippen LogP contribution in [0.5, 0.6) is 0 Å². The van der Waals surface area contributed by atoms with E-state index in [1.54, 1.807) is 10.9 Å². The van der Waals surface area contributed by atoms with E-state index < -0.39 is 0 Å². The lowest BCUT2D eigenvalue weighted by Gasteiger charge is -2.26. The SMILES string of the molecule is Cc1c(Cl)cnn1C(C)C(=O)NCCN1CCOCC1. The highest BCUT2D eigenvalue weighted by molar-refractivity contribution is 6.31. The molecule has 0 saturated carbocycles. The van der Waals surface area contributed by atoms with Crippen molar-refractivity contribution in [2.45, 2.75) is 19.9 Å². The molecule has 20 heavy (non-hydrogen) atoms. The minimum absolute atomic E-state index is 0.0406. The van der Waals surface area contributed by atoms with Crippen LogP contribution in [0.1, 0.15) is 18.7 Å². The normalized spacial score (nSPS) is 17.9. The van der Waals surface area contributed by atoms with E-state index in [1.165, 1.54) is 0 Å². The molecule has 0 aromatic carbocycles. The van der Waals surface area contributed by atoms with Gasteiger partial charge in [0.15, 0.2) is 0 Å². The van der Waals surface area contributed by atoms with E-state index >= 15 is 0 Å². The Morgan fingerprint density at radius 2 is 2.25 bits per heavy atom. The molecule has 1 aliphatic heterocycles. The lowest BCUT2D eigenvalue weighted by Crippen LogP contribution is -2.42. The number of carbonyl (C=O) groups excluding carboxylic acids is 1. The molecule has 1 aliphatic rings. The average Bonchev–Trinajstić information content (AvgIpc) is 2.79. The number of carbonyl (C=O) groups is 1. The molecule has 1 unspecified atom stereocenters. The summed E-state index contributed by atoms with van der Waals surface area (Å²) in [5.74, 6) is -0.0406. The summed E-state index contributed by atoms with van der Waals surface area (Å²) in [6.45, 7) is 8.56. The molecule has 1 aromatic rings. The summed E-state index contributed by atoms with van der Waals surface area (Å²) in [7, 11) is 0. The van der Waals surface area contributed by atoms with Gasteiger partial charge in [0.2, 0.25) is 5.91 Å². The van der Waals surface area contributed by atoms with Crippen LogP contribution in [0.25, 0.3) is 0 Å². The van der Waals surface area contributed by atoms with E-state index in [0.29, 0.717) is 11.6 Å². The molecule has 1 N–H and O–H groups in total. The van der Waals surface area contributed by atoms with Crippen molar-refractivity contribution in [3.63, 3.8) is 0 Å². The largest absolute Gasteiger partial charge is 0.379 e. The van der Waals surface area contributed by atoms with Gasteiger partial charge in [0.1, 0.15) is 6.04 Å². The quantitative estimate of drug-likeness (QED) is 0.876. The zero-order valence-electron chi connectivity index (χ0n) is 11.9. The standard InChI is InChI=1S/C13H21ClN4O2/c1-10-12(14)9-16-18(10)11(2)13(19)15-3-4-17-5-7-20-8-6-17/h9,11H,3-8H2,1-2H3,(H,15,19). The number of ether oxygens (including phenoxy) is 1. The molecule has 2 rings (SSSR count). The molecule has 1 atom stereocenters. The Kier molecular flexibility index (Phi) is 5.39. The fourth-order valence-electron chi connectivity index (χ4n) is 2.21. The Bertz CT molecular complexity index is 457. The minimum Gasteiger partial charge on any atom is -0.379 e. The van der Waals surface area contributed by atoms with Gasteiger partial charge in [-0.1, -0.05) is 11.6 Å². The zero-order valence-corrected chi connectivity index (χ0v) is 12.7. The van der Waals surface area contributed by atoms with Crippen molar-refractivity contribution in [1.29, 1.82) is 0 Å². The molecule has 1 amide bonds. The third-order valence-electron chi connectivity index (χ3n) is 3.56. The number of hydrogen-bond donors (Lipinski definition) is 1. The Hall–Kier alpha value is -1.11. The van der Waals surface area contributed by atoms with Crippen LogP contribution < -0.4 is 5.32 Å². The fourth-order valence-corrected chi connectivity index (χ4v) is 2.34. The molecule has 6 nitrogen and oxygen atoms in total.